The standard InChI is InChI=1S/C20H16B3NO7S/c1-2-29-18(26)12-8-10-13(11-9-12)19(21)16(25)15(17(24)30-19)31-32(27,28)20(22,23)14-6-4-3-5-7-14/h3-11H,2,24H2,1H3/t19-/m0/s1. The molecule has 0 saturated carbocycles. The number of hydrogen-bond donors (Lipinski definition) is 1. The number of esters is 1. The molecule has 2 aromatic carbocycles. The Hall–Kier alpha value is -3.14. The Labute approximate surface area is 189 Å². The third-order valence-corrected chi connectivity index (χ3v) is 6.14. The molecule has 12 heteroatoms. The first-order valence-electron chi connectivity index (χ1n) is 9.31. The summed E-state index contributed by atoms with van der Waals surface area (Å²) in [6.45, 7) is 1.84. The van der Waals surface area contributed by atoms with Gasteiger partial charge >= 0.3 is 16.1 Å². The molecule has 8 nitrogen and oxygen atoms in total. The Morgan fingerprint density at radius 1 is 1.12 bits per heavy atom. The molecule has 0 saturated heterocycles. The molecule has 1 heterocycles. The fourth-order valence-electron chi connectivity index (χ4n) is 2.91. The Morgan fingerprint density at radius 3 is 2.28 bits per heavy atom. The second kappa shape index (κ2) is 8.42. The van der Waals surface area contributed by atoms with Gasteiger partial charge in [0.15, 0.2) is 5.50 Å². The van der Waals surface area contributed by atoms with Gasteiger partial charge in [0.05, 0.1) is 32.4 Å². The van der Waals surface area contributed by atoms with Crippen molar-refractivity contribution < 1.29 is 31.7 Å². The van der Waals surface area contributed by atoms with Crippen LogP contribution in [0.1, 0.15) is 28.4 Å². The highest BCUT2D eigenvalue weighted by molar-refractivity contribution is 7.90. The fourth-order valence-corrected chi connectivity index (χ4v) is 3.85. The van der Waals surface area contributed by atoms with Crippen LogP contribution in [0.15, 0.2) is 66.2 Å². The molecule has 1 aliphatic heterocycles. The van der Waals surface area contributed by atoms with Gasteiger partial charge in [-0.05, 0) is 30.2 Å². The van der Waals surface area contributed by atoms with Crippen molar-refractivity contribution in [2.24, 2.45) is 5.73 Å². The quantitative estimate of drug-likeness (QED) is 0.368. The number of ketones is 1. The molecule has 0 fully saturated rings. The third-order valence-electron chi connectivity index (χ3n) is 4.69. The lowest BCUT2D eigenvalue weighted by molar-refractivity contribution is -0.126. The van der Waals surface area contributed by atoms with Crippen molar-refractivity contribution in [3.8, 4) is 0 Å². The van der Waals surface area contributed by atoms with Gasteiger partial charge in [-0.15, -0.1) is 0 Å². The van der Waals surface area contributed by atoms with E-state index in [0.717, 1.165) is 0 Å². The number of benzene rings is 2. The maximum absolute atomic E-state index is 13.0. The number of nitrogens with two attached hydrogens (primary N) is 1. The Bertz CT molecular complexity index is 1180. The number of carbonyl (C=O) groups excluding carboxylic acids is 2. The van der Waals surface area contributed by atoms with Crippen molar-refractivity contribution in [2.45, 2.75) is 17.0 Å². The number of ether oxygens (including phenoxy) is 2. The SMILES string of the molecule is [B]C([B])(c1ccccc1)S(=O)(=O)OC1=C(N)O[C@@]([B])(c2ccc(C(=O)OCC)cc2)C1=O. The predicted octanol–water partition coefficient (Wildman–Crippen LogP) is 0.406. The molecule has 1 aliphatic rings. The molecule has 32 heavy (non-hydrogen) atoms. The average Bonchev–Trinajstić information content (AvgIpc) is 2.98. The van der Waals surface area contributed by atoms with Gasteiger partial charge in [0.25, 0.3) is 0 Å². The van der Waals surface area contributed by atoms with E-state index in [2.05, 4.69) is 0 Å². The number of carbonyl (C=O) groups is 2. The summed E-state index contributed by atoms with van der Waals surface area (Å²) < 4.78 is 38.1. The molecule has 2 N–H and O–H groups in total. The molecular formula is C20H16B3NO7S. The summed E-state index contributed by atoms with van der Waals surface area (Å²) in [5.74, 6) is -3.18. The summed E-state index contributed by atoms with van der Waals surface area (Å²) in [7, 11) is 12.9. The molecule has 0 spiro atoms. The smallest absolute Gasteiger partial charge is 0.338 e. The van der Waals surface area contributed by atoms with Crippen molar-refractivity contribution in [1.29, 1.82) is 0 Å². The molecule has 3 rings (SSSR count). The average molecular weight is 447 g/mol. The minimum Gasteiger partial charge on any atom is -0.467 e. The molecule has 0 bridgehead atoms. The van der Waals surface area contributed by atoms with Crippen LogP contribution >= 0.6 is 0 Å². The maximum Gasteiger partial charge on any atom is 0.338 e. The molecule has 0 unspecified atom stereocenters. The van der Waals surface area contributed by atoms with Gasteiger partial charge in [0.2, 0.25) is 17.4 Å². The lowest BCUT2D eigenvalue weighted by Crippen LogP contribution is -2.40. The zero-order valence-electron chi connectivity index (χ0n) is 17.0. The first kappa shape index (κ1) is 23.5. The van der Waals surface area contributed by atoms with Crippen molar-refractivity contribution in [1.82, 2.24) is 0 Å². The minimum atomic E-state index is -4.82. The van der Waals surface area contributed by atoms with Gasteiger partial charge < -0.3 is 19.4 Å². The fraction of sp³-hybridized carbons (Fsp3) is 0.200. The van der Waals surface area contributed by atoms with Crippen LogP contribution in [0.25, 0.3) is 0 Å². The van der Waals surface area contributed by atoms with Crippen LogP contribution in [-0.2, 0) is 38.6 Å². The predicted molar refractivity (Wildman–Crippen MR) is 117 cm³/mol. The van der Waals surface area contributed by atoms with Crippen LogP contribution < -0.4 is 5.73 Å². The first-order chi connectivity index (χ1) is 14.9. The summed E-state index contributed by atoms with van der Waals surface area (Å²) in [5, 5.41) is 0. The highest BCUT2D eigenvalue weighted by atomic mass is 32.2. The Kier molecular flexibility index (Phi) is 6.19. The van der Waals surface area contributed by atoms with Gasteiger partial charge in [-0.2, -0.15) is 8.42 Å². The van der Waals surface area contributed by atoms with Gasteiger partial charge in [-0.3, -0.25) is 4.79 Å². The highest BCUT2D eigenvalue weighted by Gasteiger charge is 2.50. The molecule has 1 atom stereocenters. The Morgan fingerprint density at radius 2 is 1.72 bits per heavy atom. The van der Waals surface area contributed by atoms with Gasteiger partial charge in [-0.25, -0.2) is 4.79 Å². The van der Waals surface area contributed by atoms with Crippen LogP contribution in [0.4, 0.5) is 0 Å². The van der Waals surface area contributed by atoms with E-state index in [0.29, 0.717) is 0 Å². The maximum atomic E-state index is 13.0. The molecular weight excluding hydrogens is 431 g/mol. The lowest BCUT2D eigenvalue weighted by atomic mass is 9.65. The van der Waals surface area contributed by atoms with Crippen molar-refractivity contribution in [3.63, 3.8) is 0 Å². The van der Waals surface area contributed by atoms with E-state index >= 15 is 0 Å². The van der Waals surface area contributed by atoms with Crippen LogP contribution in [0.3, 0.4) is 0 Å². The van der Waals surface area contributed by atoms with Crippen LogP contribution in [0.2, 0.25) is 0 Å². The zero-order chi connectivity index (χ0) is 23.7. The van der Waals surface area contributed by atoms with Crippen molar-refractivity contribution in [3.05, 3.63) is 82.9 Å². The topological polar surface area (TPSA) is 122 Å². The molecule has 158 valence electrons. The molecule has 0 amide bonds. The number of Topliss-reactive ketones (excluding diaryl/α,β-unsaturated/α-hetero) is 1. The second-order valence-corrected chi connectivity index (χ2v) is 8.61. The van der Waals surface area contributed by atoms with E-state index in [4.69, 9.17) is 42.9 Å². The van der Waals surface area contributed by atoms with Crippen LogP contribution in [0, 0.1) is 0 Å². The van der Waals surface area contributed by atoms with Crippen LogP contribution in [0.5, 0.6) is 0 Å². The molecule has 2 aromatic rings. The third kappa shape index (κ3) is 4.02. The Balaban J connectivity index is 1.87. The molecule has 6 radical (unpaired) electrons. The molecule has 0 aliphatic carbocycles. The summed E-state index contributed by atoms with van der Waals surface area (Å²) in [4.78, 5) is 24.8. The van der Waals surface area contributed by atoms with Gasteiger partial charge in [0, 0.05) is 0 Å². The summed E-state index contributed by atoms with van der Waals surface area (Å²) in [5.41, 5.74) is 3.82. The normalized spacial score (nSPS) is 18.8. The monoisotopic (exact) mass is 447 g/mol. The van der Waals surface area contributed by atoms with Crippen LogP contribution in [-0.4, -0.2) is 50.3 Å². The molecule has 0 aromatic heterocycles. The van der Waals surface area contributed by atoms with Crippen molar-refractivity contribution >= 4 is 45.4 Å². The van der Waals surface area contributed by atoms with E-state index < -0.39 is 43.6 Å². The summed E-state index contributed by atoms with van der Waals surface area (Å²) >= 11 is 0. The van der Waals surface area contributed by atoms with Crippen molar-refractivity contribution in [2.75, 3.05) is 6.61 Å². The summed E-state index contributed by atoms with van der Waals surface area (Å²) in [6.07, 6.45) is 0. The lowest BCUT2D eigenvalue weighted by Gasteiger charge is -2.26. The number of rotatable bonds is 7. The van der Waals surface area contributed by atoms with E-state index in [1.54, 1.807) is 13.0 Å². The first-order valence-corrected chi connectivity index (χ1v) is 10.7. The summed E-state index contributed by atoms with van der Waals surface area (Å²) in [6, 6.07) is 12.9. The van der Waals surface area contributed by atoms with E-state index in [1.165, 1.54) is 48.5 Å². The van der Waals surface area contributed by atoms with E-state index in [1.807, 2.05) is 0 Å². The number of hydrogen-bond acceptors (Lipinski definition) is 8. The second-order valence-electron chi connectivity index (χ2n) is 6.85. The minimum absolute atomic E-state index is 0.0131. The largest absolute Gasteiger partial charge is 0.467 e. The van der Waals surface area contributed by atoms with E-state index in [9.17, 15) is 18.0 Å². The zero-order valence-corrected chi connectivity index (χ0v) is 17.8. The highest BCUT2D eigenvalue weighted by Crippen LogP contribution is 2.38. The van der Waals surface area contributed by atoms with Gasteiger partial charge in [0.1, 0.15) is 7.85 Å². The van der Waals surface area contributed by atoms with Gasteiger partial charge in [-0.1, -0.05) is 42.5 Å². The van der Waals surface area contributed by atoms with E-state index in [-0.39, 0.29) is 23.3 Å².